The van der Waals surface area contributed by atoms with Crippen LogP contribution in [0, 0.1) is 0 Å². The summed E-state index contributed by atoms with van der Waals surface area (Å²) in [5, 5.41) is 9.54. The SMILES string of the molecule is CC(C)(C)N[P+]([O-])(NC(C)(C)C)NC(C)(C)C.[Li+]. The summed E-state index contributed by atoms with van der Waals surface area (Å²) in [6, 6.07) is 0. The molecule has 0 radical (unpaired) electrons. The molecule has 0 aliphatic rings. The van der Waals surface area contributed by atoms with Gasteiger partial charge in [0.25, 0.3) is 0 Å². The molecule has 0 spiro atoms. The molecule has 0 saturated heterocycles. The average molecular weight is 270 g/mol. The van der Waals surface area contributed by atoms with Crippen molar-refractivity contribution in [3.63, 3.8) is 0 Å². The van der Waals surface area contributed by atoms with Crippen LogP contribution in [0.15, 0.2) is 0 Å². The van der Waals surface area contributed by atoms with Gasteiger partial charge in [0.15, 0.2) is 7.94 Å². The van der Waals surface area contributed by atoms with Crippen LogP contribution in [0.4, 0.5) is 0 Å². The van der Waals surface area contributed by atoms with Gasteiger partial charge in [-0.1, -0.05) is 0 Å². The van der Waals surface area contributed by atoms with E-state index in [4.69, 9.17) is 0 Å². The molecule has 0 bridgehead atoms. The Morgan fingerprint density at radius 3 is 0.889 bits per heavy atom. The molecule has 0 aliphatic carbocycles. The summed E-state index contributed by atoms with van der Waals surface area (Å²) in [4.78, 5) is 12.9. The zero-order chi connectivity index (χ0) is 14.1. The van der Waals surface area contributed by atoms with E-state index in [0.29, 0.717) is 0 Å². The van der Waals surface area contributed by atoms with Crippen LogP contribution in [-0.2, 0) is 0 Å². The van der Waals surface area contributed by atoms with Crippen LogP contribution in [0.3, 0.4) is 0 Å². The largest absolute Gasteiger partial charge is 1.00 e. The molecule has 0 aromatic rings. The minimum atomic E-state index is -2.83. The Morgan fingerprint density at radius 2 is 0.778 bits per heavy atom. The van der Waals surface area contributed by atoms with Gasteiger partial charge in [-0.3, -0.25) is 0 Å². The molecule has 0 rings (SSSR count). The second-order valence-corrected chi connectivity index (χ2v) is 9.58. The van der Waals surface area contributed by atoms with E-state index in [-0.39, 0.29) is 35.5 Å². The number of nitrogens with one attached hydrogen (secondary N) is 3. The van der Waals surface area contributed by atoms with Crippen LogP contribution in [-0.4, -0.2) is 16.6 Å². The van der Waals surface area contributed by atoms with Crippen molar-refractivity contribution in [2.24, 2.45) is 0 Å². The van der Waals surface area contributed by atoms with Crippen molar-refractivity contribution in [3.8, 4) is 0 Å². The summed E-state index contributed by atoms with van der Waals surface area (Å²) in [6.07, 6.45) is 0. The topological polar surface area (TPSA) is 59.1 Å². The van der Waals surface area contributed by atoms with E-state index in [1.54, 1.807) is 0 Å². The molecule has 4 nitrogen and oxygen atoms in total. The average Bonchev–Trinajstić information content (AvgIpc) is 1.65. The number of hydrogen-bond donors (Lipinski definition) is 3. The Balaban J connectivity index is 0. The monoisotopic (exact) mass is 270 g/mol. The standard InChI is InChI=1S/C12H30N3OP.Li/c1-10(2,3)13-17(16,14-11(4,5)6)15-12(7,8)9;/h1-9H3,(H3,13,14,15,16);/q;+1. The molecular weight excluding hydrogens is 240 g/mol. The Hall–Kier alpha value is 0.867. The van der Waals surface area contributed by atoms with E-state index >= 15 is 0 Å². The van der Waals surface area contributed by atoms with E-state index < -0.39 is 7.94 Å². The molecule has 3 N–H and O–H groups in total. The van der Waals surface area contributed by atoms with Crippen LogP contribution in [0.5, 0.6) is 0 Å². The molecule has 0 unspecified atom stereocenters. The molecule has 18 heavy (non-hydrogen) atoms. The predicted octanol–water partition coefficient (Wildman–Crippen LogP) is -0.807. The third-order valence-electron chi connectivity index (χ3n) is 1.48. The first kappa shape index (κ1) is 21.2. The van der Waals surface area contributed by atoms with Gasteiger partial charge in [-0.05, 0) is 62.3 Å². The number of hydrogen-bond acceptors (Lipinski definition) is 4. The van der Waals surface area contributed by atoms with Gasteiger partial charge < -0.3 is 4.89 Å². The first-order valence-corrected chi connectivity index (χ1v) is 7.81. The molecule has 0 aliphatic heterocycles. The first-order chi connectivity index (χ1) is 7.12. The van der Waals surface area contributed by atoms with Crippen LogP contribution in [0.2, 0.25) is 0 Å². The van der Waals surface area contributed by atoms with Crippen LogP contribution >= 0.6 is 7.94 Å². The Morgan fingerprint density at radius 1 is 0.611 bits per heavy atom. The fraction of sp³-hybridized carbons (Fsp3) is 1.00. The summed E-state index contributed by atoms with van der Waals surface area (Å²) in [5.41, 5.74) is -0.649. The number of rotatable bonds is 3. The second-order valence-electron chi connectivity index (χ2n) is 7.69. The molecule has 0 heterocycles. The van der Waals surface area contributed by atoms with Crippen molar-refractivity contribution in [1.29, 1.82) is 0 Å². The van der Waals surface area contributed by atoms with Crippen molar-refractivity contribution in [2.75, 3.05) is 0 Å². The van der Waals surface area contributed by atoms with Crippen LogP contribution in [0.25, 0.3) is 0 Å². The van der Waals surface area contributed by atoms with Crippen molar-refractivity contribution >= 4 is 7.94 Å². The van der Waals surface area contributed by atoms with Gasteiger partial charge in [0.1, 0.15) is 0 Å². The molecular formula is C12H30LiN3OP+. The smallest absolute Gasteiger partial charge is 0.636 e. The van der Waals surface area contributed by atoms with E-state index in [1.807, 2.05) is 62.3 Å². The molecule has 0 amide bonds. The Labute approximate surface area is 126 Å². The van der Waals surface area contributed by atoms with Gasteiger partial charge in [-0.2, -0.15) is 15.3 Å². The minimum absolute atomic E-state index is 0. The Kier molecular flexibility index (Phi) is 7.70. The van der Waals surface area contributed by atoms with Gasteiger partial charge in [0.05, 0.1) is 0 Å². The molecule has 6 heteroatoms. The Bertz CT molecular complexity index is 213. The zero-order valence-electron chi connectivity index (χ0n) is 13.9. The fourth-order valence-corrected chi connectivity index (χ4v) is 4.50. The summed E-state index contributed by atoms with van der Waals surface area (Å²) in [5.74, 6) is 0. The summed E-state index contributed by atoms with van der Waals surface area (Å²) in [7, 11) is -2.83. The second kappa shape index (κ2) is 6.55. The third-order valence-corrected chi connectivity index (χ3v) is 4.44. The molecule has 104 valence electrons. The summed E-state index contributed by atoms with van der Waals surface area (Å²) >= 11 is 0. The quantitative estimate of drug-likeness (QED) is 0.464. The van der Waals surface area contributed by atoms with E-state index in [0.717, 1.165) is 0 Å². The van der Waals surface area contributed by atoms with Crippen LogP contribution in [0.1, 0.15) is 62.3 Å². The molecule has 0 fully saturated rings. The van der Waals surface area contributed by atoms with E-state index in [2.05, 4.69) is 15.3 Å². The maximum Gasteiger partial charge on any atom is 1.00 e. The predicted molar refractivity (Wildman–Crippen MR) is 75.6 cm³/mol. The normalized spacial score (nSPS) is 14.3. The van der Waals surface area contributed by atoms with Crippen LogP contribution < -0.4 is 39.0 Å². The first-order valence-electron chi connectivity index (χ1n) is 6.10. The molecule has 0 aromatic heterocycles. The van der Waals surface area contributed by atoms with Gasteiger partial charge in [0.2, 0.25) is 0 Å². The summed E-state index contributed by atoms with van der Waals surface area (Å²) in [6.45, 7) is 18.1. The fourth-order valence-electron chi connectivity index (χ4n) is 1.50. The maximum atomic E-state index is 12.9. The van der Waals surface area contributed by atoms with Crippen molar-refractivity contribution in [3.05, 3.63) is 0 Å². The summed E-state index contributed by atoms with van der Waals surface area (Å²) < 4.78 is 0. The van der Waals surface area contributed by atoms with Crippen molar-refractivity contribution in [2.45, 2.75) is 78.9 Å². The molecule has 0 aromatic carbocycles. The van der Waals surface area contributed by atoms with E-state index in [9.17, 15) is 4.89 Å². The third kappa shape index (κ3) is 11.9. The van der Waals surface area contributed by atoms with Crippen molar-refractivity contribution in [1.82, 2.24) is 15.3 Å². The van der Waals surface area contributed by atoms with Gasteiger partial charge in [0, 0.05) is 16.6 Å². The van der Waals surface area contributed by atoms with E-state index in [1.165, 1.54) is 0 Å². The van der Waals surface area contributed by atoms with Gasteiger partial charge in [-0.15, -0.1) is 0 Å². The maximum absolute atomic E-state index is 12.9. The van der Waals surface area contributed by atoms with Gasteiger partial charge >= 0.3 is 18.9 Å². The minimum Gasteiger partial charge on any atom is -0.636 e. The van der Waals surface area contributed by atoms with Gasteiger partial charge in [-0.25, -0.2) is 0 Å². The van der Waals surface area contributed by atoms with Crippen molar-refractivity contribution < 1.29 is 23.8 Å². The molecule has 0 atom stereocenters. The zero-order valence-corrected chi connectivity index (χ0v) is 14.7. The molecule has 0 saturated carbocycles.